The fourth-order valence-corrected chi connectivity index (χ4v) is 3.19. The smallest absolute Gasteiger partial charge is 0.321 e. The van der Waals surface area contributed by atoms with Gasteiger partial charge in [0, 0.05) is 19.5 Å². The minimum Gasteiger partial charge on any atom is -0.342 e. The molecule has 128 valence electrons. The number of hydrogen-bond donors (Lipinski definition) is 3. The summed E-state index contributed by atoms with van der Waals surface area (Å²) in [6.45, 7) is 3.43. The summed E-state index contributed by atoms with van der Waals surface area (Å²) in [6, 6.07) is 7.15. The average Bonchev–Trinajstić information content (AvgIpc) is 3.05. The Morgan fingerprint density at radius 3 is 2.92 bits per heavy atom. The summed E-state index contributed by atoms with van der Waals surface area (Å²) in [6.07, 6.45) is 2.04. The summed E-state index contributed by atoms with van der Waals surface area (Å²) >= 11 is 0. The number of carbonyl (C=O) groups excluding carboxylic acids is 2. The van der Waals surface area contributed by atoms with E-state index in [0.717, 1.165) is 42.8 Å². The van der Waals surface area contributed by atoms with Crippen molar-refractivity contribution in [2.75, 3.05) is 20.1 Å². The molecule has 3 amide bonds. The van der Waals surface area contributed by atoms with Gasteiger partial charge in [-0.3, -0.25) is 15.0 Å². The molecule has 2 aromatic rings. The summed E-state index contributed by atoms with van der Waals surface area (Å²) in [7, 11) is 1.49. The summed E-state index contributed by atoms with van der Waals surface area (Å²) in [5.41, 5.74) is 2.00. The normalized spacial score (nSPS) is 19.8. The molecule has 3 rings (SSSR count). The number of urea groups is 1. The maximum atomic E-state index is 12.2. The van der Waals surface area contributed by atoms with Gasteiger partial charge in [-0.15, -0.1) is 0 Å². The zero-order valence-electron chi connectivity index (χ0n) is 14.0. The molecule has 0 aliphatic carbocycles. The number of rotatable bonds is 3. The van der Waals surface area contributed by atoms with Crippen molar-refractivity contribution in [2.45, 2.75) is 31.7 Å². The molecule has 2 heterocycles. The second kappa shape index (κ2) is 7.00. The Balaban J connectivity index is 1.69. The van der Waals surface area contributed by atoms with Crippen LogP contribution in [0.15, 0.2) is 24.3 Å². The Morgan fingerprint density at radius 2 is 2.17 bits per heavy atom. The Labute approximate surface area is 140 Å². The number of hydrogen-bond acceptors (Lipinski definition) is 4. The number of likely N-dealkylation sites (tertiary alicyclic amines) is 1. The van der Waals surface area contributed by atoms with E-state index in [9.17, 15) is 9.59 Å². The quantitative estimate of drug-likeness (QED) is 0.797. The molecule has 1 aliphatic rings. The number of piperidine rings is 1. The molecular formula is C17H23N5O2. The van der Waals surface area contributed by atoms with Crippen LogP contribution in [0.2, 0.25) is 0 Å². The van der Waals surface area contributed by atoms with Crippen molar-refractivity contribution < 1.29 is 9.59 Å². The van der Waals surface area contributed by atoms with Crippen LogP contribution in [0.25, 0.3) is 11.0 Å². The number of nitrogens with one attached hydrogen (secondary N) is 3. The number of nitrogens with zero attached hydrogens (tertiary/aromatic N) is 2. The second-order valence-electron chi connectivity index (χ2n) is 6.22. The molecule has 0 radical (unpaired) electrons. The molecule has 2 atom stereocenters. The predicted molar refractivity (Wildman–Crippen MR) is 91.7 cm³/mol. The van der Waals surface area contributed by atoms with Gasteiger partial charge in [0.2, 0.25) is 5.91 Å². The highest BCUT2D eigenvalue weighted by atomic mass is 16.2. The minimum absolute atomic E-state index is 0.265. The van der Waals surface area contributed by atoms with Gasteiger partial charge < -0.3 is 10.3 Å². The molecule has 24 heavy (non-hydrogen) atoms. The number of imidazole rings is 1. The van der Waals surface area contributed by atoms with Crippen molar-refractivity contribution in [2.24, 2.45) is 0 Å². The van der Waals surface area contributed by atoms with Crippen molar-refractivity contribution in [3.63, 3.8) is 0 Å². The zero-order valence-corrected chi connectivity index (χ0v) is 14.0. The van der Waals surface area contributed by atoms with E-state index in [4.69, 9.17) is 0 Å². The lowest BCUT2D eigenvalue weighted by Gasteiger charge is -2.35. The standard InChI is InChI=1S/C17H23N5O2/c1-11(16(23)21-17(24)18-2)22-9-5-6-12(10-22)15-19-13-7-3-4-8-14(13)20-15/h3-4,7-8,11-12H,5-6,9-10H2,1-2H3,(H,19,20)(H2,18,21,23,24). The number of imide groups is 1. The molecule has 0 bridgehead atoms. The molecular weight excluding hydrogens is 306 g/mol. The van der Waals surface area contributed by atoms with Gasteiger partial charge in [0.15, 0.2) is 0 Å². The van der Waals surface area contributed by atoms with Crippen molar-refractivity contribution in [1.29, 1.82) is 0 Å². The van der Waals surface area contributed by atoms with E-state index < -0.39 is 6.03 Å². The van der Waals surface area contributed by atoms with E-state index >= 15 is 0 Å². The van der Waals surface area contributed by atoms with Crippen LogP contribution in [-0.4, -0.2) is 53.0 Å². The number of para-hydroxylation sites is 2. The van der Waals surface area contributed by atoms with Crippen molar-refractivity contribution in [1.82, 2.24) is 25.5 Å². The maximum absolute atomic E-state index is 12.2. The van der Waals surface area contributed by atoms with Crippen LogP contribution in [0, 0.1) is 0 Å². The molecule has 1 fully saturated rings. The first-order valence-electron chi connectivity index (χ1n) is 8.29. The third-order valence-corrected chi connectivity index (χ3v) is 4.64. The van der Waals surface area contributed by atoms with Crippen LogP contribution in [0.1, 0.15) is 31.5 Å². The number of aromatic nitrogens is 2. The van der Waals surface area contributed by atoms with Crippen LogP contribution in [0.4, 0.5) is 4.79 Å². The van der Waals surface area contributed by atoms with Gasteiger partial charge in [-0.05, 0) is 38.4 Å². The SMILES string of the molecule is CNC(=O)NC(=O)C(C)N1CCCC(c2nc3ccccc3[nH]2)C1. The van der Waals surface area contributed by atoms with Gasteiger partial charge in [-0.1, -0.05) is 12.1 Å². The van der Waals surface area contributed by atoms with E-state index in [1.165, 1.54) is 7.05 Å². The second-order valence-corrected chi connectivity index (χ2v) is 6.22. The molecule has 0 spiro atoms. The van der Waals surface area contributed by atoms with Gasteiger partial charge >= 0.3 is 6.03 Å². The molecule has 1 aromatic carbocycles. The van der Waals surface area contributed by atoms with Crippen molar-refractivity contribution in [3.8, 4) is 0 Å². The highest BCUT2D eigenvalue weighted by Crippen LogP contribution is 2.27. The predicted octanol–water partition coefficient (Wildman–Crippen LogP) is 1.59. The highest BCUT2D eigenvalue weighted by molar-refractivity contribution is 5.96. The topological polar surface area (TPSA) is 90.1 Å². The van der Waals surface area contributed by atoms with E-state index in [2.05, 4.69) is 25.5 Å². The molecule has 2 unspecified atom stereocenters. The van der Waals surface area contributed by atoms with E-state index in [1.54, 1.807) is 0 Å². The summed E-state index contributed by atoms with van der Waals surface area (Å²) in [4.78, 5) is 33.7. The highest BCUT2D eigenvalue weighted by Gasteiger charge is 2.30. The monoisotopic (exact) mass is 329 g/mol. The Bertz CT molecular complexity index is 708. The molecule has 7 heteroatoms. The van der Waals surface area contributed by atoms with Gasteiger partial charge in [0.1, 0.15) is 5.82 Å². The van der Waals surface area contributed by atoms with Crippen molar-refractivity contribution in [3.05, 3.63) is 30.1 Å². The summed E-state index contributed by atoms with van der Waals surface area (Å²) in [5.74, 6) is 0.959. The lowest BCUT2D eigenvalue weighted by molar-refractivity contribution is -0.125. The number of fused-ring (bicyclic) bond motifs is 1. The average molecular weight is 329 g/mol. The number of aromatic amines is 1. The molecule has 7 nitrogen and oxygen atoms in total. The summed E-state index contributed by atoms with van der Waals surface area (Å²) in [5, 5.41) is 4.75. The zero-order chi connectivity index (χ0) is 17.1. The maximum Gasteiger partial charge on any atom is 0.321 e. The van der Waals surface area contributed by atoms with Gasteiger partial charge in [-0.2, -0.15) is 0 Å². The minimum atomic E-state index is -0.474. The van der Waals surface area contributed by atoms with Gasteiger partial charge in [0.25, 0.3) is 0 Å². The first kappa shape index (κ1) is 16.4. The number of benzene rings is 1. The fraction of sp³-hybridized carbons (Fsp3) is 0.471. The lowest BCUT2D eigenvalue weighted by Crippen LogP contribution is -2.51. The number of amides is 3. The largest absolute Gasteiger partial charge is 0.342 e. The lowest BCUT2D eigenvalue weighted by atomic mass is 9.96. The molecule has 3 N–H and O–H groups in total. The van der Waals surface area contributed by atoms with Crippen LogP contribution < -0.4 is 10.6 Å². The van der Waals surface area contributed by atoms with Gasteiger partial charge in [-0.25, -0.2) is 9.78 Å². The van der Waals surface area contributed by atoms with Crippen molar-refractivity contribution >= 4 is 23.0 Å². The van der Waals surface area contributed by atoms with Crippen LogP contribution in [-0.2, 0) is 4.79 Å². The third kappa shape index (κ3) is 3.41. The first-order chi connectivity index (χ1) is 11.6. The molecule has 0 saturated carbocycles. The first-order valence-corrected chi connectivity index (χ1v) is 8.29. The third-order valence-electron chi connectivity index (χ3n) is 4.64. The fourth-order valence-electron chi connectivity index (χ4n) is 3.19. The van der Waals surface area contributed by atoms with E-state index in [1.807, 2.05) is 31.2 Å². The van der Waals surface area contributed by atoms with Crippen LogP contribution in [0.3, 0.4) is 0 Å². The van der Waals surface area contributed by atoms with E-state index in [0.29, 0.717) is 0 Å². The van der Waals surface area contributed by atoms with Gasteiger partial charge in [0.05, 0.1) is 17.1 Å². The Kier molecular flexibility index (Phi) is 4.80. The van der Waals surface area contributed by atoms with E-state index in [-0.39, 0.29) is 17.9 Å². The molecule has 1 aliphatic heterocycles. The molecule has 1 saturated heterocycles. The van der Waals surface area contributed by atoms with Crippen LogP contribution in [0.5, 0.6) is 0 Å². The Hall–Kier alpha value is -2.41. The number of H-pyrrole nitrogens is 1. The van der Waals surface area contributed by atoms with Crippen LogP contribution >= 0.6 is 0 Å². The Morgan fingerprint density at radius 1 is 1.38 bits per heavy atom. The molecule has 1 aromatic heterocycles. The number of carbonyl (C=O) groups is 2. The summed E-state index contributed by atoms with van der Waals surface area (Å²) < 4.78 is 0.